The Balaban J connectivity index is 1.84. The van der Waals surface area contributed by atoms with Crippen molar-refractivity contribution in [3.05, 3.63) is 100 Å². The Morgan fingerprint density at radius 2 is 1.75 bits per heavy atom. The van der Waals surface area contributed by atoms with Crippen molar-refractivity contribution in [3.8, 4) is 0 Å². The number of carbonyl (C=O) groups is 1. The van der Waals surface area contributed by atoms with Crippen LogP contribution in [0.5, 0.6) is 0 Å². The predicted molar refractivity (Wildman–Crippen MR) is 118 cm³/mol. The second kappa shape index (κ2) is 10.6. The van der Waals surface area contributed by atoms with Crippen LogP contribution in [-0.4, -0.2) is 17.9 Å². The van der Waals surface area contributed by atoms with E-state index >= 15 is 0 Å². The molecule has 0 fully saturated rings. The number of aromatic nitrogens is 1. The number of pyridine rings is 1. The maximum absolute atomic E-state index is 12.8. The van der Waals surface area contributed by atoms with Crippen LogP contribution in [-0.2, 0) is 17.4 Å². The molecule has 0 bridgehead atoms. The molecule has 1 aromatic heterocycles. The summed E-state index contributed by atoms with van der Waals surface area (Å²) in [6.45, 7) is 0. The highest BCUT2D eigenvalue weighted by Crippen LogP contribution is 2.29. The van der Waals surface area contributed by atoms with Gasteiger partial charge in [-0.05, 0) is 47.7 Å². The number of rotatable bonds is 8. The number of nitrogens with one attached hydrogen (secondary N) is 2. The van der Waals surface area contributed by atoms with Gasteiger partial charge in [0.1, 0.15) is 11.7 Å². The third-order valence-electron chi connectivity index (χ3n) is 5.10. The summed E-state index contributed by atoms with van der Waals surface area (Å²) in [5.74, 6) is -0.195. The van der Waals surface area contributed by atoms with Crippen molar-refractivity contribution in [1.82, 2.24) is 15.6 Å². The number of aryl methyl sites for hydroxylation is 1. The number of hydrogen-bond donors (Lipinski definition) is 2. The van der Waals surface area contributed by atoms with Gasteiger partial charge in [0, 0.05) is 24.3 Å². The third-order valence-corrected chi connectivity index (χ3v) is 5.33. The van der Waals surface area contributed by atoms with Gasteiger partial charge in [-0.25, -0.2) is 0 Å². The maximum atomic E-state index is 12.8. The predicted octanol–water partition coefficient (Wildman–Crippen LogP) is 5.50. The summed E-state index contributed by atoms with van der Waals surface area (Å²) in [5.41, 5.74) is 1.43. The minimum Gasteiger partial charge on any atom is -0.358 e. The molecule has 0 radical (unpaired) electrons. The van der Waals surface area contributed by atoms with Gasteiger partial charge >= 0.3 is 6.18 Å². The summed E-state index contributed by atoms with van der Waals surface area (Å²) in [5, 5.41) is 6.64. The molecule has 0 aliphatic heterocycles. The molecule has 1 heterocycles. The van der Waals surface area contributed by atoms with Gasteiger partial charge in [-0.3, -0.25) is 15.1 Å². The van der Waals surface area contributed by atoms with Gasteiger partial charge in [0.2, 0.25) is 5.91 Å². The number of hydrogen-bond acceptors (Lipinski definition) is 3. The van der Waals surface area contributed by atoms with E-state index in [4.69, 9.17) is 11.6 Å². The first-order valence-electron chi connectivity index (χ1n) is 10.1. The van der Waals surface area contributed by atoms with E-state index in [1.807, 2.05) is 48.5 Å². The molecule has 3 aromatic rings. The molecule has 168 valence electrons. The van der Waals surface area contributed by atoms with Gasteiger partial charge in [-0.1, -0.05) is 60.1 Å². The molecule has 0 spiro atoms. The average molecular weight is 462 g/mol. The molecule has 3 rings (SSSR count). The fourth-order valence-electron chi connectivity index (χ4n) is 3.43. The standard InChI is InChI=1S/C24H23ClF3N3O/c1-29-23(32)22(17-6-3-2-4-7-17)31-20(18-8-5-9-19(25)14-18)12-10-16-11-13-21(30-15-16)24(26,27)28/h2-9,11,13-15,20,22,31H,10,12H2,1H3,(H,29,32)/t20-,22?/m0/s1. The average Bonchev–Trinajstić information content (AvgIpc) is 2.79. The summed E-state index contributed by atoms with van der Waals surface area (Å²) in [6.07, 6.45) is -2.25. The van der Waals surface area contributed by atoms with E-state index in [0.29, 0.717) is 23.4 Å². The molecule has 0 saturated carbocycles. The summed E-state index contributed by atoms with van der Waals surface area (Å²) >= 11 is 6.19. The van der Waals surface area contributed by atoms with Crippen molar-refractivity contribution in [3.63, 3.8) is 0 Å². The first kappa shape index (κ1) is 23.8. The Hall–Kier alpha value is -2.90. The maximum Gasteiger partial charge on any atom is 0.433 e. The Kier molecular flexibility index (Phi) is 7.88. The van der Waals surface area contributed by atoms with Gasteiger partial charge in [-0.15, -0.1) is 0 Å². The summed E-state index contributed by atoms with van der Waals surface area (Å²) in [6, 6.07) is 18.1. The second-order valence-electron chi connectivity index (χ2n) is 7.32. The van der Waals surface area contributed by atoms with E-state index in [-0.39, 0.29) is 11.9 Å². The minimum absolute atomic E-state index is 0.195. The molecule has 0 saturated heterocycles. The first-order chi connectivity index (χ1) is 15.3. The molecule has 1 amide bonds. The lowest BCUT2D eigenvalue weighted by atomic mass is 9.96. The lowest BCUT2D eigenvalue weighted by molar-refractivity contribution is -0.141. The Bertz CT molecular complexity index is 1030. The Labute approximate surface area is 189 Å². The van der Waals surface area contributed by atoms with Crippen LogP contribution in [0.4, 0.5) is 13.2 Å². The first-order valence-corrected chi connectivity index (χ1v) is 10.5. The van der Waals surface area contributed by atoms with Crippen LogP contribution in [0.2, 0.25) is 5.02 Å². The number of likely N-dealkylation sites (N-methyl/N-ethyl adjacent to an activating group) is 1. The number of amides is 1. The van der Waals surface area contributed by atoms with E-state index in [1.54, 1.807) is 13.1 Å². The fourth-order valence-corrected chi connectivity index (χ4v) is 3.63. The van der Waals surface area contributed by atoms with Gasteiger partial charge in [0.15, 0.2) is 0 Å². The molecule has 1 unspecified atom stereocenters. The van der Waals surface area contributed by atoms with Crippen molar-refractivity contribution in [2.24, 2.45) is 0 Å². The van der Waals surface area contributed by atoms with E-state index in [1.165, 1.54) is 12.3 Å². The zero-order chi connectivity index (χ0) is 23.1. The molecule has 8 heteroatoms. The van der Waals surface area contributed by atoms with Crippen molar-refractivity contribution >= 4 is 17.5 Å². The number of benzene rings is 2. The summed E-state index contributed by atoms with van der Waals surface area (Å²) in [7, 11) is 1.57. The molecule has 2 aromatic carbocycles. The van der Waals surface area contributed by atoms with Crippen LogP contribution in [0, 0.1) is 0 Å². The molecular weight excluding hydrogens is 439 g/mol. The van der Waals surface area contributed by atoms with Crippen molar-refractivity contribution in [2.45, 2.75) is 31.1 Å². The van der Waals surface area contributed by atoms with Gasteiger partial charge in [-0.2, -0.15) is 13.2 Å². The Morgan fingerprint density at radius 3 is 2.34 bits per heavy atom. The lowest BCUT2D eigenvalue weighted by Crippen LogP contribution is -2.38. The number of carbonyl (C=O) groups excluding carboxylic acids is 1. The van der Waals surface area contributed by atoms with Crippen LogP contribution in [0.1, 0.15) is 40.9 Å². The number of halogens is 4. The minimum atomic E-state index is -4.47. The fraction of sp³-hybridized carbons (Fsp3) is 0.250. The van der Waals surface area contributed by atoms with E-state index in [2.05, 4.69) is 15.6 Å². The molecule has 2 atom stereocenters. The number of alkyl halides is 3. The van der Waals surface area contributed by atoms with Crippen LogP contribution in [0.25, 0.3) is 0 Å². The summed E-state index contributed by atoms with van der Waals surface area (Å²) in [4.78, 5) is 16.2. The molecule has 4 nitrogen and oxygen atoms in total. The van der Waals surface area contributed by atoms with Gasteiger partial charge in [0.25, 0.3) is 0 Å². The smallest absolute Gasteiger partial charge is 0.358 e. The van der Waals surface area contributed by atoms with Crippen LogP contribution < -0.4 is 10.6 Å². The van der Waals surface area contributed by atoms with E-state index in [0.717, 1.165) is 17.2 Å². The topological polar surface area (TPSA) is 54.0 Å². The van der Waals surface area contributed by atoms with Crippen LogP contribution in [0.15, 0.2) is 72.9 Å². The largest absolute Gasteiger partial charge is 0.433 e. The van der Waals surface area contributed by atoms with Crippen molar-refractivity contribution in [1.29, 1.82) is 0 Å². The zero-order valence-electron chi connectivity index (χ0n) is 17.4. The normalized spacial score (nSPS) is 13.4. The van der Waals surface area contributed by atoms with Crippen molar-refractivity contribution in [2.75, 3.05) is 7.05 Å². The zero-order valence-corrected chi connectivity index (χ0v) is 18.1. The monoisotopic (exact) mass is 461 g/mol. The number of nitrogens with zero attached hydrogens (tertiary/aromatic N) is 1. The third kappa shape index (κ3) is 6.31. The van der Waals surface area contributed by atoms with Crippen molar-refractivity contribution < 1.29 is 18.0 Å². The summed E-state index contributed by atoms with van der Waals surface area (Å²) < 4.78 is 38.4. The molecule has 2 N–H and O–H groups in total. The van der Waals surface area contributed by atoms with E-state index < -0.39 is 17.9 Å². The second-order valence-corrected chi connectivity index (χ2v) is 7.76. The molecule has 0 aliphatic carbocycles. The molecule has 0 aliphatic rings. The SMILES string of the molecule is CNC(=O)C(N[C@@H](CCc1ccc(C(F)(F)F)nc1)c1cccc(Cl)c1)c1ccccc1. The lowest BCUT2D eigenvalue weighted by Gasteiger charge is -2.26. The molecule has 32 heavy (non-hydrogen) atoms. The van der Waals surface area contributed by atoms with Gasteiger partial charge < -0.3 is 5.32 Å². The highest BCUT2D eigenvalue weighted by Gasteiger charge is 2.32. The quantitative estimate of drug-likeness (QED) is 0.465. The van der Waals surface area contributed by atoms with Gasteiger partial charge in [0.05, 0.1) is 0 Å². The van der Waals surface area contributed by atoms with Crippen LogP contribution >= 0.6 is 11.6 Å². The van der Waals surface area contributed by atoms with Crippen LogP contribution in [0.3, 0.4) is 0 Å². The Morgan fingerprint density at radius 1 is 1.03 bits per heavy atom. The highest BCUT2D eigenvalue weighted by atomic mass is 35.5. The molecular formula is C24H23ClF3N3O. The van der Waals surface area contributed by atoms with E-state index in [9.17, 15) is 18.0 Å². The highest BCUT2D eigenvalue weighted by molar-refractivity contribution is 6.30.